The average Bonchev–Trinajstić information content (AvgIpc) is 3.17. The number of hydrogen-bond acceptors (Lipinski definition) is 5. The smallest absolute Gasteiger partial charge is 0.225 e. The molecular weight excluding hydrogens is 399 g/mol. The molecule has 0 saturated carbocycles. The van der Waals surface area contributed by atoms with Crippen molar-refractivity contribution in [3.05, 3.63) is 82.1 Å². The van der Waals surface area contributed by atoms with Gasteiger partial charge in [0.25, 0.3) is 0 Å². The highest BCUT2D eigenvalue weighted by atomic mass is 32.2. The van der Waals surface area contributed by atoms with E-state index in [9.17, 15) is 17.6 Å². The van der Waals surface area contributed by atoms with Crippen LogP contribution < -0.4 is 5.32 Å². The third-order valence-electron chi connectivity index (χ3n) is 4.29. The van der Waals surface area contributed by atoms with Crippen LogP contribution in [0.15, 0.2) is 65.1 Å². The standard InChI is InChI=1S/C20H19FN2O3S2/c1-14-10-17(6-7-18(14)21)28(25,26)19(15-4-2-8-22-12-15)13-23-20(24)11-16-5-3-9-27-16/h2-10,12,19H,11,13H2,1H3,(H,23,24). The van der Waals surface area contributed by atoms with E-state index in [0.29, 0.717) is 5.56 Å². The largest absolute Gasteiger partial charge is 0.354 e. The van der Waals surface area contributed by atoms with Gasteiger partial charge in [-0.25, -0.2) is 12.8 Å². The van der Waals surface area contributed by atoms with Gasteiger partial charge in [0.15, 0.2) is 9.84 Å². The Morgan fingerprint density at radius 2 is 2.07 bits per heavy atom. The molecule has 0 saturated heterocycles. The number of halogens is 1. The van der Waals surface area contributed by atoms with Crippen LogP contribution >= 0.6 is 11.3 Å². The van der Waals surface area contributed by atoms with Crippen LogP contribution in [0.5, 0.6) is 0 Å². The van der Waals surface area contributed by atoms with Crippen molar-refractivity contribution in [3.8, 4) is 0 Å². The highest BCUT2D eigenvalue weighted by Gasteiger charge is 2.30. The van der Waals surface area contributed by atoms with E-state index in [1.54, 1.807) is 18.3 Å². The summed E-state index contributed by atoms with van der Waals surface area (Å²) >= 11 is 1.46. The molecule has 0 aliphatic heterocycles. The lowest BCUT2D eigenvalue weighted by molar-refractivity contribution is -0.120. The summed E-state index contributed by atoms with van der Waals surface area (Å²) in [6, 6.07) is 10.7. The van der Waals surface area contributed by atoms with Crippen molar-refractivity contribution in [2.24, 2.45) is 0 Å². The van der Waals surface area contributed by atoms with Gasteiger partial charge in [-0.3, -0.25) is 9.78 Å². The first-order valence-corrected chi connectivity index (χ1v) is 11.0. The lowest BCUT2D eigenvalue weighted by atomic mass is 10.2. The fourth-order valence-corrected chi connectivity index (χ4v) is 5.20. The number of thiophene rings is 1. The monoisotopic (exact) mass is 418 g/mol. The molecule has 1 aromatic carbocycles. The van der Waals surface area contributed by atoms with Gasteiger partial charge in [0.2, 0.25) is 5.91 Å². The molecule has 3 rings (SSSR count). The molecular formula is C20H19FN2O3S2. The van der Waals surface area contributed by atoms with E-state index in [1.807, 2.05) is 17.5 Å². The fourth-order valence-electron chi connectivity index (χ4n) is 2.77. The van der Waals surface area contributed by atoms with E-state index in [2.05, 4.69) is 10.3 Å². The second-order valence-corrected chi connectivity index (χ2v) is 9.45. The highest BCUT2D eigenvalue weighted by molar-refractivity contribution is 7.91. The minimum absolute atomic E-state index is 0.00718. The van der Waals surface area contributed by atoms with E-state index >= 15 is 0 Å². The van der Waals surface area contributed by atoms with Crippen molar-refractivity contribution in [1.29, 1.82) is 0 Å². The highest BCUT2D eigenvalue weighted by Crippen LogP contribution is 2.29. The third kappa shape index (κ3) is 4.63. The minimum Gasteiger partial charge on any atom is -0.354 e. The zero-order valence-electron chi connectivity index (χ0n) is 15.1. The maximum absolute atomic E-state index is 13.6. The van der Waals surface area contributed by atoms with Crippen molar-refractivity contribution in [1.82, 2.24) is 10.3 Å². The first kappa shape index (κ1) is 20.2. The number of benzene rings is 1. The first-order valence-electron chi connectivity index (χ1n) is 8.57. The van der Waals surface area contributed by atoms with Crippen LogP contribution in [0.2, 0.25) is 0 Å². The molecule has 0 fully saturated rings. The van der Waals surface area contributed by atoms with Gasteiger partial charge < -0.3 is 5.32 Å². The normalized spacial score (nSPS) is 12.5. The Kier molecular flexibility index (Phi) is 6.21. The van der Waals surface area contributed by atoms with E-state index in [1.165, 1.54) is 36.6 Å². The molecule has 0 radical (unpaired) electrons. The number of pyridine rings is 1. The van der Waals surface area contributed by atoms with Crippen LogP contribution in [-0.2, 0) is 21.1 Å². The maximum atomic E-state index is 13.6. The molecule has 5 nitrogen and oxygen atoms in total. The molecule has 0 spiro atoms. The zero-order chi connectivity index (χ0) is 20.1. The number of carbonyl (C=O) groups excluding carboxylic acids is 1. The van der Waals surface area contributed by atoms with Crippen LogP contribution in [0.25, 0.3) is 0 Å². The molecule has 0 aliphatic carbocycles. The molecule has 2 heterocycles. The average molecular weight is 419 g/mol. The third-order valence-corrected chi connectivity index (χ3v) is 7.26. The lowest BCUT2D eigenvalue weighted by Gasteiger charge is -2.19. The Labute approximate surface area is 167 Å². The van der Waals surface area contributed by atoms with E-state index in [-0.39, 0.29) is 29.3 Å². The molecule has 0 aliphatic rings. The topological polar surface area (TPSA) is 76.1 Å². The summed E-state index contributed by atoms with van der Waals surface area (Å²) in [5.41, 5.74) is 0.702. The van der Waals surface area contributed by atoms with Gasteiger partial charge in [-0.2, -0.15) is 0 Å². The molecule has 0 bridgehead atoms. The minimum atomic E-state index is -3.87. The maximum Gasteiger partial charge on any atom is 0.225 e. The summed E-state index contributed by atoms with van der Waals surface area (Å²) in [5.74, 6) is -0.733. The van der Waals surface area contributed by atoms with Gasteiger partial charge in [-0.15, -0.1) is 11.3 Å². The van der Waals surface area contributed by atoms with Crippen molar-refractivity contribution in [2.45, 2.75) is 23.5 Å². The summed E-state index contributed by atoms with van der Waals surface area (Å²) < 4.78 is 40.0. The number of amides is 1. The number of sulfone groups is 1. The van der Waals surface area contributed by atoms with Gasteiger partial charge in [-0.1, -0.05) is 12.1 Å². The summed E-state index contributed by atoms with van der Waals surface area (Å²) in [6.45, 7) is 1.41. The molecule has 146 valence electrons. The number of carbonyl (C=O) groups is 1. The van der Waals surface area contributed by atoms with Crippen LogP contribution in [0, 0.1) is 12.7 Å². The molecule has 1 atom stereocenters. The predicted octanol–water partition coefficient (Wildman–Crippen LogP) is 3.46. The molecule has 1 amide bonds. The fraction of sp³-hybridized carbons (Fsp3) is 0.200. The quantitative estimate of drug-likeness (QED) is 0.596. The number of hydrogen-bond donors (Lipinski definition) is 1. The van der Waals surface area contributed by atoms with E-state index < -0.39 is 20.9 Å². The Morgan fingerprint density at radius 1 is 1.25 bits per heavy atom. The van der Waals surface area contributed by atoms with Gasteiger partial charge in [0.05, 0.1) is 11.3 Å². The van der Waals surface area contributed by atoms with Crippen molar-refractivity contribution >= 4 is 27.1 Å². The lowest BCUT2D eigenvalue weighted by Crippen LogP contribution is -2.32. The van der Waals surface area contributed by atoms with Crippen molar-refractivity contribution < 1.29 is 17.6 Å². The van der Waals surface area contributed by atoms with Gasteiger partial charge in [-0.05, 0) is 53.8 Å². The number of nitrogens with zero attached hydrogens (tertiary/aromatic N) is 1. The van der Waals surface area contributed by atoms with Crippen LogP contribution in [0.1, 0.15) is 21.3 Å². The molecule has 3 aromatic rings. The summed E-state index contributed by atoms with van der Waals surface area (Å²) in [7, 11) is -3.87. The second kappa shape index (κ2) is 8.62. The number of nitrogens with one attached hydrogen (secondary N) is 1. The molecule has 1 unspecified atom stereocenters. The van der Waals surface area contributed by atoms with Crippen molar-refractivity contribution in [2.75, 3.05) is 6.54 Å². The van der Waals surface area contributed by atoms with Gasteiger partial charge in [0.1, 0.15) is 11.1 Å². The Balaban J connectivity index is 1.86. The molecule has 1 N–H and O–H groups in total. The predicted molar refractivity (Wildman–Crippen MR) is 106 cm³/mol. The molecule has 2 aromatic heterocycles. The van der Waals surface area contributed by atoms with Gasteiger partial charge >= 0.3 is 0 Å². The second-order valence-electron chi connectivity index (χ2n) is 6.29. The SMILES string of the molecule is Cc1cc(S(=O)(=O)C(CNC(=O)Cc2cccs2)c2cccnc2)ccc1F. The van der Waals surface area contributed by atoms with E-state index in [0.717, 1.165) is 10.9 Å². The summed E-state index contributed by atoms with van der Waals surface area (Å²) in [4.78, 5) is 17.1. The zero-order valence-corrected chi connectivity index (χ0v) is 16.8. The molecule has 8 heteroatoms. The summed E-state index contributed by atoms with van der Waals surface area (Å²) in [5, 5.41) is 3.56. The van der Waals surface area contributed by atoms with Crippen LogP contribution in [-0.4, -0.2) is 25.9 Å². The number of rotatable bonds is 7. The van der Waals surface area contributed by atoms with E-state index in [4.69, 9.17) is 0 Å². The molecule has 28 heavy (non-hydrogen) atoms. The Morgan fingerprint density at radius 3 is 2.71 bits per heavy atom. The number of aromatic nitrogens is 1. The van der Waals surface area contributed by atoms with Crippen LogP contribution in [0.4, 0.5) is 4.39 Å². The van der Waals surface area contributed by atoms with Crippen LogP contribution in [0.3, 0.4) is 0 Å². The van der Waals surface area contributed by atoms with Crippen molar-refractivity contribution in [3.63, 3.8) is 0 Å². The summed E-state index contributed by atoms with van der Waals surface area (Å²) in [6.07, 6.45) is 3.20. The Hall–Kier alpha value is -2.58. The Bertz CT molecular complexity index is 1050. The first-order chi connectivity index (χ1) is 13.4. The van der Waals surface area contributed by atoms with Gasteiger partial charge in [0, 0.05) is 23.8 Å². The number of aryl methyl sites for hydroxylation is 1.